The van der Waals surface area contributed by atoms with Crippen molar-refractivity contribution in [3.8, 4) is 11.3 Å². The van der Waals surface area contributed by atoms with Crippen LogP contribution in [0.1, 0.15) is 32.2 Å². The van der Waals surface area contributed by atoms with Gasteiger partial charge in [-0.25, -0.2) is 0 Å². The van der Waals surface area contributed by atoms with Gasteiger partial charge in [-0.2, -0.15) is 0 Å². The first-order chi connectivity index (χ1) is 13.5. The Morgan fingerprint density at radius 1 is 0.929 bits per heavy atom. The van der Waals surface area contributed by atoms with E-state index >= 15 is 0 Å². The molecule has 4 rings (SSSR count). The fraction of sp³-hybridized carbons (Fsp3) is 0.0952. The molecular formula is C21H17N3O4. The van der Waals surface area contributed by atoms with Crippen LogP contribution in [-0.4, -0.2) is 17.0 Å². The first kappa shape index (κ1) is 17.5. The molecule has 2 aromatic heterocycles. The highest BCUT2D eigenvalue weighted by atomic mass is 16.5. The van der Waals surface area contributed by atoms with E-state index in [9.17, 15) is 9.59 Å². The van der Waals surface area contributed by atoms with Gasteiger partial charge in [0.1, 0.15) is 17.0 Å². The highest BCUT2D eigenvalue weighted by Crippen LogP contribution is 2.29. The van der Waals surface area contributed by atoms with Crippen LogP contribution in [0, 0.1) is 13.8 Å². The van der Waals surface area contributed by atoms with Crippen molar-refractivity contribution in [1.82, 2.24) is 16.0 Å². The standard InChI is InChI=1S/C21H17N3O4/c1-12-10-16(13(2)27-12)21(26)23-22-20(25)15-8-9-18-17(11-15)19(28-24-18)14-6-4-3-5-7-14/h3-11H,1-2H3,(H,22,25)(H,23,26). The molecule has 2 N–H and O–H groups in total. The molecule has 0 bridgehead atoms. The maximum Gasteiger partial charge on any atom is 0.273 e. The van der Waals surface area contributed by atoms with Crippen LogP contribution in [0.5, 0.6) is 0 Å². The quantitative estimate of drug-likeness (QED) is 0.531. The molecule has 2 aromatic carbocycles. The number of aryl methyl sites for hydroxylation is 2. The van der Waals surface area contributed by atoms with Gasteiger partial charge in [-0.1, -0.05) is 35.5 Å². The molecule has 0 radical (unpaired) electrons. The average molecular weight is 375 g/mol. The Bertz CT molecular complexity index is 1180. The number of benzene rings is 2. The Hall–Kier alpha value is -3.87. The number of aromatic nitrogens is 1. The number of amides is 2. The third-order valence-corrected chi connectivity index (χ3v) is 4.35. The number of furan rings is 1. The molecule has 2 amide bonds. The van der Waals surface area contributed by atoms with Gasteiger partial charge in [0.15, 0.2) is 5.76 Å². The molecule has 0 aliphatic heterocycles. The van der Waals surface area contributed by atoms with Gasteiger partial charge in [0.05, 0.1) is 10.9 Å². The van der Waals surface area contributed by atoms with Crippen LogP contribution in [0.2, 0.25) is 0 Å². The summed E-state index contributed by atoms with van der Waals surface area (Å²) in [5.41, 5.74) is 7.07. The van der Waals surface area contributed by atoms with Crippen LogP contribution in [0.3, 0.4) is 0 Å². The van der Waals surface area contributed by atoms with Crippen LogP contribution in [0.15, 0.2) is 63.5 Å². The monoisotopic (exact) mass is 375 g/mol. The van der Waals surface area contributed by atoms with Gasteiger partial charge in [-0.3, -0.25) is 20.4 Å². The van der Waals surface area contributed by atoms with Gasteiger partial charge in [0.2, 0.25) is 0 Å². The van der Waals surface area contributed by atoms with Crippen molar-refractivity contribution in [3.63, 3.8) is 0 Å². The zero-order chi connectivity index (χ0) is 19.7. The average Bonchev–Trinajstić information content (AvgIpc) is 3.28. The number of nitrogens with zero attached hydrogens (tertiary/aromatic N) is 1. The Morgan fingerprint density at radius 3 is 2.39 bits per heavy atom. The van der Waals surface area contributed by atoms with Gasteiger partial charge in [-0.05, 0) is 38.1 Å². The molecule has 0 atom stereocenters. The van der Waals surface area contributed by atoms with Crippen LogP contribution >= 0.6 is 0 Å². The van der Waals surface area contributed by atoms with E-state index in [1.165, 1.54) is 0 Å². The van der Waals surface area contributed by atoms with E-state index in [1.54, 1.807) is 38.1 Å². The molecule has 2 heterocycles. The zero-order valence-electron chi connectivity index (χ0n) is 15.3. The van der Waals surface area contributed by atoms with E-state index < -0.39 is 11.8 Å². The van der Waals surface area contributed by atoms with Gasteiger partial charge in [0, 0.05) is 11.1 Å². The second-order valence-corrected chi connectivity index (χ2v) is 6.34. The van der Waals surface area contributed by atoms with Crippen LogP contribution in [0.4, 0.5) is 0 Å². The van der Waals surface area contributed by atoms with Crippen LogP contribution in [0.25, 0.3) is 22.2 Å². The lowest BCUT2D eigenvalue weighted by Crippen LogP contribution is -2.41. The molecule has 0 saturated heterocycles. The summed E-state index contributed by atoms with van der Waals surface area (Å²) in [5, 5.41) is 4.75. The molecule has 7 nitrogen and oxygen atoms in total. The Balaban J connectivity index is 1.54. The molecular weight excluding hydrogens is 358 g/mol. The molecule has 0 fully saturated rings. The predicted octanol–water partition coefficient (Wildman–Crippen LogP) is 3.78. The third-order valence-electron chi connectivity index (χ3n) is 4.35. The van der Waals surface area contributed by atoms with Crippen molar-refractivity contribution < 1.29 is 18.5 Å². The number of fused-ring (bicyclic) bond motifs is 1. The van der Waals surface area contributed by atoms with E-state index in [0.717, 1.165) is 5.56 Å². The zero-order valence-corrected chi connectivity index (χ0v) is 15.3. The number of hydrogen-bond acceptors (Lipinski definition) is 5. The maximum absolute atomic E-state index is 12.5. The third kappa shape index (κ3) is 3.25. The second-order valence-electron chi connectivity index (χ2n) is 6.34. The second kappa shape index (κ2) is 7.03. The minimum Gasteiger partial charge on any atom is -0.466 e. The first-order valence-electron chi connectivity index (χ1n) is 8.65. The van der Waals surface area contributed by atoms with Crippen molar-refractivity contribution in [3.05, 3.63) is 77.2 Å². The maximum atomic E-state index is 12.5. The number of nitrogens with one attached hydrogen (secondary N) is 2. The fourth-order valence-electron chi connectivity index (χ4n) is 2.99. The fourth-order valence-corrected chi connectivity index (χ4v) is 2.99. The summed E-state index contributed by atoms with van der Waals surface area (Å²) < 4.78 is 10.8. The summed E-state index contributed by atoms with van der Waals surface area (Å²) in [6.07, 6.45) is 0. The molecule has 140 valence electrons. The summed E-state index contributed by atoms with van der Waals surface area (Å²) in [4.78, 5) is 24.7. The van der Waals surface area contributed by atoms with E-state index in [1.807, 2.05) is 30.3 Å². The molecule has 0 unspecified atom stereocenters. The normalized spacial score (nSPS) is 10.8. The largest absolute Gasteiger partial charge is 0.466 e. The molecule has 0 aliphatic carbocycles. The Labute approximate surface area is 160 Å². The molecule has 28 heavy (non-hydrogen) atoms. The van der Waals surface area contributed by atoms with Gasteiger partial charge >= 0.3 is 0 Å². The van der Waals surface area contributed by atoms with Crippen molar-refractivity contribution in [1.29, 1.82) is 0 Å². The Kier molecular flexibility index (Phi) is 4.41. The smallest absolute Gasteiger partial charge is 0.273 e. The summed E-state index contributed by atoms with van der Waals surface area (Å²) >= 11 is 0. The predicted molar refractivity (Wildman–Crippen MR) is 103 cm³/mol. The van der Waals surface area contributed by atoms with E-state index in [-0.39, 0.29) is 0 Å². The van der Waals surface area contributed by atoms with Crippen LogP contribution < -0.4 is 10.9 Å². The van der Waals surface area contributed by atoms with E-state index in [4.69, 9.17) is 8.94 Å². The molecule has 7 heteroatoms. The number of rotatable bonds is 3. The Morgan fingerprint density at radius 2 is 1.68 bits per heavy atom. The van der Waals surface area contributed by atoms with Crippen molar-refractivity contribution in [2.75, 3.05) is 0 Å². The first-order valence-corrected chi connectivity index (χ1v) is 8.65. The summed E-state index contributed by atoms with van der Waals surface area (Å²) in [5.74, 6) is 0.800. The van der Waals surface area contributed by atoms with Crippen molar-refractivity contribution in [2.45, 2.75) is 13.8 Å². The van der Waals surface area contributed by atoms with E-state index in [0.29, 0.717) is 39.3 Å². The van der Waals surface area contributed by atoms with Gasteiger partial charge in [0.25, 0.3) is 11.8 Å². The minimum absolute atomic E-state index is 0.369. The van der Waals surface area contributed by atoms with Crippen LogP contribution in [-0.2, 0) is 0 Å². The highest BCUT2D eigenvalue weighted by molar-refractivity contribution is 6.02. The lowest BCUT2D eigenvalue weighted by atomic mass is 10.1. The molecule has 0 aliphatic rings. The highest BCUT2D eigenvalue weighted by Gasteiger charge is 2.16. The lowest BCUT2D eigenvalue weighted by Gasteiger charge is -2.07. The van der Waals surface area contributed by atoms with Crippen molar-refractivity contribution in [2.24, 2.45) is 0 Å². The summed E-state index contributed by atoms with van der Waals surface area (Å²) in [6.45, 7) is 3.44. The van der Waals surface area contributed by atoms with Crippen molar-refractivity contribution >= 4 is 22.7 Å². The number of hydrogen-bond donors (Lipinski definition) is 2. The summed E-state index contributed by atoms with van der Waals surface area (Å²) in [6, 6.07) is 16.1. The molecule has 0 spiro atoms. The van der Waals surface area contributed by atoms with Gasteiger partial charge in [-0.15, -0.1) is 0 Å². The molecule has 4 aromatic rings. The number of carbonyl (C=O) groups is 2. The lowest BCUT2D eigenvalue weighted by molar-refractivity contribution is 0.0846. The van der Waals surface area contributed by atoms with E-state index in [2.05, 4.69) is 16.0 Å². The topological polar surface area (TPSA) is 97.4 Å². The number of carbonyl (C=O) groups excluding carboxylic acids is 2. The number of hydrazine groups is 1. The molecule has 0 saturated carbocycles. The minimum atomic E-state index is -0.451. The summed E-state index contributed by atoms with van der Waals surface area (Å²) in [7, 11) is 0. The van der Waals surface area contributed by atoms with Gasteiger partial charge < -0.3 is 8.94 Å². The SMILES string of the molecule is Cc1cc(C(=O)NNC(=O)c2ccc3noc(-c4ccccc4)c3c2)c(C)o1.